The molecule has 0 bridgehead atoms. The van der Waals surface area contributed by atoms with E-state index < -0.39 is 0 Å². The molecule has 1 aliphatic heterocycles. The molecular formula is C22H22N6. The van der Waals surface area contributed by atoms with Crippen molar-refractivity contribution in [3.63, 3.8) is 0 Å². The third-order valence-corrected chi connectivity index (χ3v) is 5.43. The Labute approximate surface area is 163 Å². The quantitative estimate of drug-likeness (QED) is 0.511. The lowest BCUT2D eigenvalue weighted by Gasteiger charge is -2.23. The number of hydrogen-bond donors (Lipinski definition) is 3. The summed E-state index contributed by atoms with van der Waals surface area (Å²) in [6.07, 6.45) is 4.11. The van der Waals surface area contributed by atoms with Crippen molar-refractivity contribution in [2.45, 2.75) is 18.8 Å². The predicted molar refractivity (Wildman–Crippen MR) is 112 cm³/mol. The van der Waals surface area contributed by atoms with E-state index in [0.29, 0.717) is 23.3 Å². The first-order valence-corrected chi connectivity index (χ1v) is 9.66. The van der Waals surface area contributed by atoms with E-state index in [-0.39, 0.29) is 0 Å². The fourth-order valence-electron chi connectivity index (χ4n) is 3.86. The van der Waals surface area contributed by atoms with Crippen LogP contribution in [0, 0.1) is 0 Å². The van der Waals surface area contributed by atoms with Gasteiger partial charge < -0.3 is 16.0 Å². The molecule has 2 aromatic carbocycles. The van der Waals surface area contributed by atoms with Gasteiger partial charge in [-0.2, -0.15) is 0 Å². The molecule has 1 saturated heterocycles. The molecule has 140 valence electrons. The largest absolute Gasteiger partial charge is 0.382 e. The molecule has 0 amide bonds. The highest BCUT2D eigenvalue weighted by Gasteiger charge is 2.16. The van der Waals surface area contributed by atoms with E-state index in [2.05, 4.69) is 44.5 Å². The number of nitrogens with two attached hydrogens (primary N) is 1. The number of fused-ring (bicyclic) bond motifs is 1. The first kappa shape index (κ1) is 16.9. The van der Waals surface area contributed by atoms with Crippen LogP contribution < -0.4 is 11.1 Å². The number of imidazole rings is 1. The zero-order valence-corrected chi connectivity index (χ0v) is 15.5. The average molecular weight is 370 g/mol. The highest BCUT2D eigenvalue weighted by Crippen LogP contribution is 2.29. The van der Waals surface area contributed by atoms with Gasteiger partial charge in [-0.05, 0) is 49.5 Å². The molecule has 0 spiro atoms. The third kappa shape index (κ3) is 3.12. The number of anilines is 1. The van der Waals surface area contributed by atoms with Crippen LogP contribution in [0.3, 0.4) is 0 Å². The van der Waals surface area contributed by atoms with E-state index in [4.69, 9.17) is 10.7 Å². The van der Waals surface area contributed by atoms with Gasteiger partial charge in [-0.25, -0.2) is 15.0 Å². The lowest BCUT2D eigenvalue weighted by Crippen LogP contribution is -2.26. The third-order valence-electron chi connectivity index (χ3n) is 5.43. The highest BCUT2D eigenvalue weighted by atomic mass is 15.0. The number of aromatic amines is 1. The zero-order valence-electron chi connectivity index (χ0n) is 15.5. The summed E-state index contributed by atoms with van der Waals surface area (Å²) in [7, 11) is 0. The maximum Gasteiger partial charge on any atom is 0.161 e. The number of piperidine rings is 1. The van der Waals surface area contributed by atoms with Crippen LogP contribution in [0.15, 0.2) is 54.7 Å². The van der Waals surface area contributed by atoms with Crippen molar-refractivity contribution in [2.24, 2.45) is 0 Å². The average Bonchev–Trinajstić information content (AvgIpc) is 3.19. The van der Waals surface area contributed by atoms with Crippen molar-refractivity contribution in [3.05, 3.63) is 60.3 Å². The summed E-state index contributed by atoms with van der Waals surface area (Å²) in [6.45, 7) is 2.19. The Balaban J connectivity index is 1.48. The Morgan fingerprint density at radius 3 is 2.50 bits per heavy atom. The Hall–Kier alpha value is -3.25. The molecule has 0 radical (unpaired) electrons. The second kappa shape index (κ2) is 7.05. The molecule has 6 heteroatoms. The fourth-order valence-corrected chi connectivity index (χ4v) is 3.86. The Morgan fingerprint density at radius 2 is 1.71 bits per heavy atom. The van der Waals surface area contributed by atoms with Gasteiger partial charge >= 0.3 is 0 Å². The molecule has 0 aliphatic carbocycles. The van der Waals surface area contributed by atoms with Gasteiger partial charge in [0.2, 0.25) is 0 Å². The van der Waals surface area contributed by atoms with Gasteiger partial charge in [0.1, 0.15) is 5.69 Å². The van der Waals surface area contributed by atoms with Crippen molar-refractivity contribution in [3.8, 4) is 22.8 Å². The molecule has 1 aliphatic rings. The lowest BCUT2D eigenvalue weighted by atomic mass is 9.89. The van der Waals surface area contributed by atoms with Crippen LogP contribution in [-0.4, -0.2) is 33.0 Å². The standard InChI is InChI=1S/C22H22N6/c23-21-20(22-27-17-3-1-2-4-18(17)28-22)26-19(13-25-21)16-7-5-14(6-8-16)15-9-11-24-12-10-15/h1-8,13,15,24H,9-12H2,(H2,23,25)(H,27,28). The number of para-hydroxylation sites is 2. The predicted octanol–water partition coefficient (Wildman–Crippen LogP) is 3.74. The van der Waals surface area contributed by atoms with Crippen LogP contribution in [0.2, 0.25) is 0 Å². The highest BCUT2D eigenvalue weighted by molar-refractivity contribution is 5.80. The molecule has 3 heterocycles. The van der Waals surface area contributed by atoms with Crippen LogP contribution in [0.1, 0.15) is 24.3 Å². The molecular weight excluding hydrogens is 348 g/mol. The fraction of sp³-hybridized carbons (Fsp3) is 0.227. The number of nitrogen functional groups attached to an aromatic ring is 1. The summed E-state index contributed by atoms with van der Waals surface area (Å²) in [5, 5.41) is 3.42. The van der Waals surface area contributed by atoms with Crippen molar-refractivity contribution in [1.29, 1.82) is 0 Å². The van der Waals surface area contributed by atoms with Gasteiger partial charge in [-0.3, -0.25) is 0 Å². The molecule has 1 fully saturated rings. The van der Waals surface area contributed by atoms with E-state index >= 15 is 0 Å². The van der Waals surface area contributed by atoms with Crippen molar-refractivity contribution in [2.75, 3.05) is 18.8 Å². The van der Waals surface area contributed by atoms with Gasteiger partial charge in [0.05, 0.1) is 22.9 Å². The van der Waals surface area contributed by atoms with Gasteiger partial charge in [0.15, 0.2) is 11.6 Å². The number of aromatic nitrogens is 4. The van der Waals surface area contributed by atoms with E-state index in [1.165, 1.54) is 18.4 Å². The Kier molecular flexibility index (Phi) is 4.25. The normalized spacial score (nSPS) is 15.1. The smallest absolute Gasteiger partial charge is 0.161 e. The molecule has 0 atom stereocenters. The number of H-pyrrole nitrogens is 1. The zero-order chi connectivity index (χ0) is 18.9. The summed E-state index contributed by atoms with van der Waals surface area (Å²) in [4.78, 5) is 17.0. The second-order valence-corrected chi connectivity index (χ2v) is 7.24. The van der Waals surface area contributed by atoms with E-state index in [1.54, 1.807) is 6.20 Å². The number of nitrogens with zero attached hydrogens (tertiary/aromatic N) is 3. The number of rotatable bonds is 3. The van der Waals surface area contributed by atoms with Gasteiger partial charge in [-0.1, -0.05) is 36.4 Å². The minimum absolute atomic E-state index is 0.370. The molecule has 2 aromatic heterocycles. The van der Waals surface area contributed by atoms with Crippen LogP contribution >= 0.6 is 0 Å². The van der Waals surface area contributed by atoms with Crippen LogP contribution in [0.5, 0.6) is 0 Å². The summed E-state index contributed by atoms with van der Waals surface area (Å²) >= 11 is 0. The topological polar surface area (TPSA) is 92.5 Å². The maximum absolute atomic E-state index is 6.10. The molecule has 0 saturated carbocycles. The van der Waals surface area contributed by atoms with E-state index in [1.807, 2.05) is 24.3 Å². The molecule has 6 nitrogen and oxygen atoms in total. The number of hydrogen-bond acceptors (Lipinski definition) is 5. The van der Waals surface area contributed by atoms with Crippen molar-refractivity contribution in [1.82, 2.24) is 25.3 Å². The number of benzene rings is 2. The van der Waals surface area contributed by atoms with Gasteiger partial charge in [-0.15, -0.1) is 0 Å². The molecule has 0 unspecified atom stereocenters. The van der Waals surface area contributed by atoms with Crippen molar-refractivity contribution >= 4 is 16.9 Å². The monoisotopic (exact) mass is 370 g/mol. The van der Waals surface area contributed by atoms with Gasteiger partial charge in [0.25, 0.3) is 0 Å². The van der Waals surface area contributed by atoms with Gasteiger partial charge in [0, 0.05) is 5.56 Å². The Bertz CT molecular complexity index is 1080. The first-order chi connectivity index (χ1) is 13.8. The molecule has 28 heavy (non-hydrogen) atoms. The Morgan fingerprint density at radius 1 is 0.929 bits per heavy atom. The minimum atomic E-state index is 0.370. The molecule has 5 rings (SSSR count). The number of nitrogens with one attached hydrogen (secondary N) is 2. The summed E-state index contributed by atoms with van der Waals surface area (Å²) in [6, 6.07) is 16.6. The SMILES string of the molecule is Nc1ncc(-c2ccc(C3CCNCC3)cc2)nc1-c1nc2ccccc2[nH]1. The summed E-state index contributed by atoms with van der Waals surface area (Å²) < 4.78 is 0. The molecule has 4 aromatic rings. The van der Waals surface area contributed by atoms with Crippen LogP contribution in [0.25, 0.3) is 33.8 Å². The van der Waals surface area contributed by atoms with Crippen LogP contribution in [-0.2, 0) is 0 Å². The van der Waals surface area contributed by atoms with Crippen LogP contribution in [0.4, 0.5) is 5.82 Å². The first-order valence-electron chi connectivity index (χ1n) is 9.66. The molecule has 4 N–H and O–H groups in total. The lowest BCUT2D eigenvalue weighted by molar-refractivity contribution is 0.460. The maximum atomic E-state index is 6.10. The van der Waals surface area contributed by atoms with Crippen molar-refractivity contribution < 1.29 is 0 Å². The summed E-state index contributed by atoms with van der Waals surface area (Å²) in [5.41, 5.74) is 11.7. The van der Waals surface area contributed by atoms with E-state index in [0.717, 1.165) is 35.4 Å². The van der Waals surface area contributed by atoms with E-state index in [9.17, 15) is 0 Å². The minimum Gasteiger partial charge on any atom is -0.382 e. The second-order valence-electron chi connectivity index (χ2n) is 7.24. The summed E-state index contributed by atoms with van der Waals surface area (Å²) in [5.74, 6) is 1.65.